The van der Waals surface area contributed by atoms with Crippen molar-refractivity contribution in [2.24, 2.45) is 5.41 Å². The lowest BCUT2D eigenvalue weighted by Gasteiger charge is -2.50. The number of methoxy groups -OCH3 is 1. The Labute approximate surface area is 194 Å². The number of ether oxygens (including phenoxy) is 3. The molecule has 32 heavy (non-hydrogen) atoms. The fourth-order valence-corrected chi connectivity index (χ4v) is 5.85. The summed E-state index contributed by atoms with van der Waals surface area (Å²) in [5.41, 5.74) is 2.47. The summed E-state index contributed by atoms with van der Waals surface area (Å²) in [7, 11) is 1.67. The molecule has 0 amide bonds. The van der Waals surface area contributed by atoms with Gasteiger partial charge in [-0.1, -0.05) is 25.4 Å². The molecule has 2 heterocycles. The Balaban J connectivity index is 1.75. The number of nitrogens with zero attached hydrogens (tertiary/aromatic N) is 1. The van der Waals surface area contributed by atoms with Crippen molar-refractivity contribution in [1.82, 2.24) is 4.90 Å². The number of rotatable bonds is 7. The molecule has 0 N–H and O–H groups in total. The van der Waals surface area contributed by atoms with Crippen molar-refractivity contribution >= 4 is 23.4 Å². The third-order valence-electron chi connectivity index (χ3n) is 7.06. The first-order valence-corrected chi connectivity index (χ1v) is 11.8. The number of carbonyl (C=O) groups is 2. The monoisotopic (exact) mass is 461 g/mol. The van der Waals surface area contributed by atoms with Gasteiger partial charge in [0.05, 0.1) is 24.3 Å². The predicted molar refractivity (Wildman–Crippen MR) is 122 cm³/mol. The zero-order chi connectivity index (χ0) is 23.0. The molecule has 6 nitrogen and oxygen atoms in total. The summed E-state index contributed by atoms with van der Waals surface area (Å²) >= 11 is 6.61. The van der Waals surface area contributed by atoms with E-state index in [-0.39, 0.29) is 47.8 Å². The van der Waals surface area contributed by atoms with Crippen molar-refractivity contribution in [3.05, 3.63) is 40.1 Å². The second-order valence-electron chi connectivity index (χ2n) is 9.54. The van der Waals surface area contributed by atoms with E-state index in [0.29, 0.717) is 24.0 Å². The Morgan fingerprint density at radius 1 is 1.25 bits per heavy atom. The minimum atomic E-state index is -0.535. The Kier molecular flexibility index (Phi) is 6.55. The van der Waals surface area contributed by atoms with Gasteiger partial charge in [0.1, 0.15) is 11.3 Å². The van der Waals surface area contributed by atoms with Gasteiger partial charge in [-0.2, -0.15) is 0 Å². The summed E-state index contributed by atoms with van der Waals surface area (Å²) in [4.78, 5) is 27.6. The van der Waals surface area contributed by atoms with E-state index in [4.69, 9.17) is 25.8 Å². The minimum absolute atomic E-state index is 0.0381. The molecule has 1 aliphatic carbocycles. The Bertz CT molecular complexity index is 941. The van der Waals surface area contributed by atoms with Crippen LogP contribution in [0.15, 0.2) is 23.9 Å². The van der Waals surface area contributed by atoms with Gasteiger partial charge in [-0.3, -0.25) is 4.79 Å². The summed E-state index contributed by atoms with van der Waals surface area (Å²) in [6.45, 7) is 7.70. The average Bonchev–Trinajstić information content (AvgIpc) is 3.07. The smallest absolute Gasteiger partial charge is 0.343 e. The fourth-order valence-electron chi connectivity index (χ4n) is 5.63. The minimum Gasteiger partial charge on any atom is -0.492 e. The summed E-state index contributed by atoms with van der Waals surface area (Å²) in [6.07, 6.45) is 4.88. The molecule has 1 aromatic carbocycles. The first-order valence-electron chi connectivity index (χ1n) is 11.4. The number of hydrogen-bond acceptors (Lipinski definition) is 6. The lowest BCUT2D eigenvalue weighted by molar-refractivity contribution is -0.140. The number of esters is 1. The standard InChI is InChI=1S/C25H32ClNO5/c1-5-31-24(29)18-14-27-20(13-21(18)28)17-11-19(26)22(32-10-6-9-30-4)12-16(17)15-7-8-25(2,3)23(15)27/h11-12,14-15,20,23H,5-10,13H2,1-4H3/t15?,20?,23-/m0/s1. The highest BCUT2D eigenvalue weighted by Gasteiger charge is 2.53. The highest BCUT2D eigenvalue weighted by Crippen LogP contribution is 2.58. The van der Waals surface area contributed by atoms with Crippen molar-refractivity contribution in [3.8, 4) is 5.75 Å². The third-order valence-corrected chi connectivity index (χ3v) is 7.36. The van der Waals surface area contributed by atoms with Crippen molar-refractivity contribution in [1.29, 1.82) is 0 Å². The van der Waals surface area contributed by atoms with Gasteiger partial charge in [0.15, 0.2) is 5.78 Å². The lowest BCUT2D eigenvalue weighted by Crippen LogP contribution is -2.50. The molecule has 1 fully saturated rings. The van der Waals surface area contributed by atoms with E-state index in [9.17, 15) is 9.59 Å². The molecule has 2 unspecified atom stereocenters. The maximum atomic E-state index is 12.9. The maximum Gasteiger partial charge on any atom is 0.343 e. The van der Waals surface area contributed by atoms with E-state index in [1.165, 1.54) is 5.56 Å². The van der Waals surface area contributed by atoms with Crippen LogP contribution in [0.2, 0.25) is 5.02 Å². The van der Waals surface area contributed by atoms with Crippen LogP contribution in [0.3, 0.4) is 0 Å². The van der Waals surface area contributed by atoms with Crippen molar-refractivity contribution in [2.45, 2.75) is 64.5 Å². The van der Waals surface area contributed by atoms with Gasteiger partial charge in [-0.05, 0) is 48.4 Å². The number of fused-ring (bicyclic) bond motifs is 6. The quantitative estimate of drug-likeness (QED) is 0.330. The normalized spacial score (nSPS) is 25.5. The van der Waals surface area contributed by atoms with Gasteiger partial charge >= 0.3 is 5.97 Å². The van der Waals surface area contributed by atoms with Crippen LogP contribution in [0.25, 0.3) is 0 Å². The van der Waals surface area contributed by atoms with Crippen LogP contribution >= 0.6 is 11.6 Å². The summed E-state index contributed by atoms with van der Waals surface area (Å²) in [6, 6.07) is 4.07. The van der Waals surface area contributed by atoms with E-state index >= 15 is 0 Å². The number of Topliss-reactive ketones (excluding diaryl/α,β-unsaturated/α-hetero) is 1. The molecule has 7 heteroatoms. The van der Waals surface area contributed by atoms with Crippen LogP contribution < -0.4 is 4.74 Å². The molecule has 0 bridgehead atoms. The highest BCUT2D eigenvalue weighted by molar-refractivity contribution is 6.32. The summed E-state index contributed by atoms with van der Waals surface area (Å²) in [5, 5.41) is 0.546. The molecule has 0 radical (unpaired) electrons. The third kappa shape index (κ3) is 4.03. The molecule has 0 saturated heterocycles. The number of carbonyl (C=O) groups excluding carboxylic acids is 2. The maximum absolute atomic E-state index is 12.9. The van der Waals surface area contributed by atoms with Gasteiger partial charge in [0.25, 0.3) is 0 Å². The van der Waals surface area contributed by atoms with Crippen LogP contribution in [0.5, 0.6) is 5.75 Å². The van der Waals surface area contributed by atoms with Crippen molar-refractivity contribution in [2.75, 3.05) is 26.9 Å². The Hall–Kier alpha value is -2.05. The van der Waals surface area contributed by atoms with Crippen LogP contribution in [0.4, 0.5) is 0 Å². The highest BCUT2D eigenvalue weighted by atomic mass is 35.5. The fraction of sp³-hybridized carbons (Fsp3) is 0.600. The van der Waals surface area contributed by atoms with E-state index in [2.05, 4.69) is 24.8 Å². The van der Waals surface area contributed by atoms with Gasteiger partial charge in [-0.15, -0.1) is 0 Å². The van der Waals surface area contributed by atoms with Gasteiger partial charge in [-0.25, -0.2) is 4.79 Å². The molecule has 2 aliphatic heterocycles. The molecule has 4 rings (SSSR count). The van der Waals surface area contributed by atoms with Gasteiger partial charge in [0.2, 0.25) is 0 Å². The average molecular weight is 462 g/mol. The first kappa shape index (κ1) is 23.1. The predicted octanol–water partition coefficient (Wildman–Crippen LogP) is 4.80. The molecular formula is C25H32ClNO5. The second-order valence-corrected chi connectivity index (χ2v) is 9.95. The van der Waals surface area contributed by atoms with E-state index < -0.39 is 5.97 Å². The molecule has 1 saturated carbocycles. The zero-order valence-corrected chi connectivity index (χ0v) is 20.0. The molecule has 1 aromatic rings. The SMILES string of the molecule is CCOC(=O)C1=CN2C(CC1=O)c1cc(Cl)c(OCCCOC)cc1C1CCC(C)(C)[C@H]12. The first-order chi connectivity index (χ1) is 15.3. The number of hydrogen-bond donors (Lipinski definition) is 0. The van der Waals surface area contributed by atoms with Gasteiger partial charge < -0.3 is 19.1 Å². The Morgan fingerprint density at radius 2 is 2.03 bits per heavy atom. The number of halogens is 1. The van der Waals surface area contributed by atoms with Crippen LogP contribution in [0, 0.1) is 5.41 Å². The second kappa shape index (κ2) is 9.06. The molecule has 0 aromatic heterocycles. The molecule has 3 atom stereocenters. The summed E-state index contributed by atoms with van der Waals surface area (Å²) < 4.78 is 16.2. The molecular weight excluding hydrogens is 430 g/mol. The molecule has 174 valence electrons. The van der Waals surface area contributed by atoms with Crippen LogP contribution in [-0.4, -0.2) is 49.6 Å². The zero-order valence-electron chi connectivity index (χ0n) is 19.3. The topological polar surface area (TPSA) is 65.1 Å². The molecule has 0 spiro atoms. The largest absolute Gasteiger partial charge is 0.492 e. The summed E-state index contributed by atoms with van der Waals surface area (Å²) in [5.74, 6) is 0.249. The van der Waals surface area contributed by atoms with Gasteiger partial charge in [0, 0.05) is 44.7 Å². The number of benzene rings is 1. The number of ketones is 1. The lowest BCUT2D eigenvalue weighted by atomic mass is 9.73. The van der Waals surface area contributed by atoms with Crippen molar-refractivity contribution in [3.63, 3.8) is 0 Å². The van der Waals surface area contributed by atoms with Crippen LogP contribution in [0.1, 0.15) is 69.5 Å². The van der Waals surface area contributed by atoms with Crippen molar-refractivity contribution < 1.29 is 23.8 Å². The van der Waals surface area contributed by atoms with E-state index in [1.807, 2.05) is 6.07 Å². The van der Waals surface area contributed by atoms with E-state index in [0.717, 1.165) is 24.8 Å². The molecule has 3 aliphatic rings. The van der Waals surface area contributed by atoms with E-state index in [1.54, 1.807) is 20.2 Å². The Morgan fingerprint density at radius 3 is 2.75 bits per heavy atom. The van der Waals surface area contributed by atoms with Crippen LogP contribution in [-0.2, 0) is 19.1 Å².